The van der Waals surface area contributed by atoms with E-state index in [-0.39, 0.29) is 42.7 Å². The number of hydrogen-bond acceptors (Lipinski definition) is 5. The Hall–Kier alpha value is -1.46. The molecule has 0 bridgehead atoms. The third-order valence-electron chi connectivity index (χ3n) is 6.97. The fraction of sp³-hybridized carbons (Fsp3) is 0.700. The smallest absolute Gasteiger partial charge is 0.334 e. The van der Waals surface area contributed by atoms with Crippen molar-refractivity contribution in [2.45, 2.75) is 52.1 Å². The van der Waals surface area contributed by atoms with Gasteiger partial charge in [-0.25, -0.2) is 4.79 Å². The van der Waals surface area contributed by atoms with Crippen LogP contribution >= 0.6 is 0 Å². The van der Waals surface area contributed by atoms with E-state index in [4.69, 9.17) is 4.74 Å². The molecule has 3 aliphatic rings. The molecule has 1 aliphatic heterocycles. The van der Waals surface area contributed by atoms with Crippen molar-refractivity contribution in [3.05, 3.63) is 23.8 Å². The fourth-order valence-corrected chi connectivity index (χ4v) is 5.52. The molecule has 0 unspecified atom stereocenters. The maximum Gasteiger partial charge on any atom is 0.334 e. The van der Waals surface area contributed by atoms with Gasteiger partial charge in [-0.05, 0) is 43.1 Å². The van der Waals surface area contributed by atoms with Gasteiger partial charge in [-0.3, -0.25) is 4.79 Å². The number of allylic oxidation sites excluding steroid dienone is 1. The van der Waals surface area contributed by atoms with Gasteiger partial charge in [-0.15, -0.1) is 0 Å². The SMILES string of the molecule is C=C1CC[C@@H]2[C@](C)(CC[C@H](O)[C@]2(C)CO)[C@H]1C(=O)CC1=CCOC1=O. The van der Waals surface area contributed by atoms with Gasteiger partial charge in [0.1, 0.15) is 12.4 Å². The van der Waals surface area contributed by atoms with Crippen LogP contribution in [0.15, 0.2) is 23.8 Å². The van der Waals surface area contributed by atoms with E-state index in [0.29, 0.717) is 24.8 Å². The van der Waals surface area contributed by atoms with Gasteiger partial charge >= 0.3 is 5.97 Å². The van der Waals surface area contributed by atoms with E-state index >= 15 is 0 Å². The molecule has 0 saturated heterocycles. The summed E-state index contributed by atoms with van der Waals surface area (Å²) >= 11 is 0. The van der Waals surface area contributed by atoms with Crippen LogP contribution in [0.2, 0.25) is 0 Å². The zero-order valence-corrected chi connectivity index (χ0v) is 15.1. The maximum absolute atomic E-state index is 13.1. The molecule has 2 saturated carbocycles. The van der Waals surface area contributed by atoms with E-state index in [9.17, 15) is 19.8 Å². The lowest BCUT2D eigenvalue weighted by Crippen LogP contribution is -2.58. The molecule has 1 heterocycles. The van der Waals surface area contributed by atoms with Gasteiger partial charge in [0.25, 0.3) is 0 Å². The number of ketones is 1. The van der Waals surface area contributed by atoms with E-state index in [1.165, 1.54) is 0 Å². The van der Waals surface area contributed by atoms with Crippen molar-refractivity contribution in [3.8, 4) is 0 Å². The second-order valence-electron chi connectivity index (χ2n) is 8.38. The Balaban J connectivity index is 1.91. The third-order valence-corrected chi connectivity index (χ3v) is 6.97. The monoisotopic (exact) mass is 348 g/mol. The number of Topliss-reactive ketones (excluding diaryl/α,β-unsaturated/α-hetero) is 1. The largest absolute Gasteiger partial charge is 0.458 e. The molecular weight excluding hydrogens is 320 g/mol. The molecule has 25 heavy (non-hydrogen) atoms. The summed E-state index contributed by atoms with van der Waals surface area (Å²) in [4.78, 5) is 24.8. The van der Waals surface area contributed by atoms with Crippen LogP contribution in [-0.4, -0.2) is 41.3 Å². The van der Waals surface area contributed by atoms with Gasteiger partial charge in [0.2, 0.25) is 0 Å². The summed E-state index contributed by atoms with van der Waals surface area (Å²) < 4.78 is 4.90. The number of ether oxygens (including phenoxy) is 1. The van der Waals surface area contributed by atoms with E-state index in [0.717, 1.165) is 12.0 Å². The van der Waals surface area contributed by atoms with Gasteiger partial charge in [0, 0.05) is 23.3 Å². The van der Waals surface area contributed by atoms with Crippen LogP contribution < -0.4 is 0 Å². The topological polar surface area (TPSA) is 83.8 Å². The number of carbonyl (C=O) groups is 2. The molecule has 0 aromatic rings. The number of carbonyl (C=O) groups excluding carboxylic acids is 2. The van der Waals surface area contributed by atoms with Gasteiger partial charge in [-0.1, -0.05) is 26.0 Å². The molecule has 5 heteroatoms. The normalized spacial score (nSPS) is 41.1. The predicted molar refractivity (Wildman–Crippen MR) is 92.6 cm³/mol. The Morgan fingerprint density at radius 3 is 2.72 bits per heavy atom. The van der Waals surface area contributed by atoms with Crippen LogP contribution in [0.4, 0.5) is 0 Å². The Labute approximate surface area is 148 Å². The molecule has 3 rings (SSSR count). The first-order valence-corrected chi connectivity index (χ1v) is 9.09. The lowest BCUT2D eigenvalue weighted by molar-refractivity contribution is -0.160. The zero-order valence-electron chi connectivity index (χ0n) is 15.1. The second-order valence-corrected chi connectivity index (χ2v) is 8.38. The second kappa shape index (κ2) is 6.36. The average molecular weight is 348 g/mol. The average Bonchev–Trinajstić information content (AvgIpc) is 2.96. The van der Waals surface area contributed by atoms with E-state index in [2.05, 4.69) is 13.5 Å². The molecule has 0 amide bonds. The van der Waals surface area contributed by atoms with Crippen molar-refractivity contribution >= 4 is 11.8 Å². The minimum Gasteiger partial charge on any atom is -0.458 e. The third kappa shape index (κ3) is 2.77. The van der Waals surface area contributed by atoms with Crippen molar-refractivity contribution in [2.75, 3.05) is 13.2 Å². The molecular formula is C20H28O5. The van der Waals surface area contributed by atoms with Crippen LogP contribution in [0.25, 0.3) is 0 Å². The summed E-state index contributed by atoms with van der Waals surface area (Å²) in [6.45, 7) is 8.31. The minimum atomic E-state index is -0.613. The van der Waals surface area contributed by atoms with Gasteiger partial charge in [0.05, 0.1) is 12.7 Å². The highest BCUT2D eigenvalue weighted by molar-refractivity contribution is 5.98. The summed E-state index contributed by atoms with van der Waals surface area (Å²) in [5.74, 6) is -0.716. The lowest BCUT2D eigenvalue weighted by Gasteiger charge is -2.59. The van der Waals surface area contributed by atoms with Crippen LogP contribution in [-0.2, 0) is 14.3 Å². The highest BCUT2D eigenvalue weighted by Crippen LogP contribution is 2.61. The van der Waals surface area contributed by atoms with Crippen molar-refractivity contribution in [3.63, 3.8) is 0 Å². The first-order chi connectivity index (χ1) is 11.7. The molecule has 2 fully saturated rings. The van der Waals surface area contributed by atoms with Gasteiger partial charge in [0.15, 0.2) is 0 Å². The highest BCUT2D eigenvalue weighted by atomic mass is 16.5. The van der Waals surface area contributed by atoms with E-state index in [1.54, 1.807) is 6.08 Å². The summed E-state index contributed by atoms with van der Waals surface area (Å²) in [5.41, 5.74) is 0.376. The van der Waals surface area contributed by atoms with Crippen LogP contribution in [0.3, 0.4) is 0 Å². The molecule has 0 spiro atoms. The predicted octanol–water partition coefficient (Wildman–Crippen LogP) is 2.17. The van der Waals surface area contributed by atoms with Crippen molar-refractivity contribution in [2.24, 2.45) is 22.7 Å². The van der Waals surface area contributed by atoms with E-state index < -0.39 is 17.5 Å². The van der Waals surface area contributed by atoms with Crippen LogP contribution in [0.5, 0.6) is 0 Å². The van der Waals surface area contributed by atoms with E-state index in [1.807, 2.05) is 6.92 Å². The number of fused-ring (bicyclic) bond motifs is 1. The van der Waals surface area contributed by atoms with Crippen LogP contribution in [0, 0.1) is 22.7 Å². The molecule has 2 N–H and O–H groups in total. The molecule has 0 aromatic heterocycles. The number of cyclic esters (lactones) is 1. The van der Waals surface area contributed by atoms with Crippen molar-refractivity contribution < 1.29 is 24.5 Å². The Kier molecular flexibility index (Phi) is 4.67. The maximum atomic E-state index is 13.1. The Morgan fingerprint density at radius 1 is 1.40 bits per heavy atom. The summed E-state index contributed by atoms with van der Waals surface area (Å²) in [5, 5.41) is 20.5. The number of aliphatic hydroxyl groups is 2. The first kappa shape index (κ1) is 18.3. The number of rotatable bonds is 4. The Morgan fingerprint density at radius 2 is 2.12 bits per heavy atom. The van der Waals surface area contributed by atoms with Crippen molar-refractivity contribution in [1.82, 2.24) is 0 Å². The molecule has 0 radical (unpaired) electrons. The Bertz CT molecular complexity index is 636. The number of hydrogen-bond donors (Lipinski definition) is 2. The molecule has 2 aliphatic carbocycles. The fourth-order valence-electron chi connectivity index (χ4n) is 5.52. The zero-order chi connectivity index (χ0) is 18.4. The molecule has 5 nitrogen and oxygen atoms in total. The van der Waals surface area contributed by atoms with Crippen molar-refractivity contribution in [1.29, 1.82) is 0 Å². The lowest BCUT2D eigenvalue weighted by atomic mass is 9.46. The molecule has 5 atom stereocenters. The number of aliphatic hydroxyl groups excluding tert-OH is 2. The van der Waals surface area contributed by atoms with Gasteiger partial charge < -0.3 is 14.9 Å². The van der Waals surface area contributed by atoms with Crippen LogP contribution in [0.1, 0.15) is 46.0 Å². The number of esters is 1. The van der Waals surface area contributed by atoms with Gasteiger partial charge in [-0.2, -0.15) is 0 Å². The summed E-state index contributed by atoms with van der Waals surface area (Å²) in [6, 6.07) is 0. The summed E-state index contributed by atoms with van der Waals surface area (Å²) in [7, 11) is 0. The molecule has 0 aromatic carbocycles. The summed E-state index contributed by atoms with van der Waals surface area (Å²) in [6.07, 6.45) is 3.99. The highest BCUT2D eigenvalue weighted by Gasteiger charge is 2.59. The quantitative estimate of drug-likeness (QED) is 0.601. The molecule has 138 valence electrons. The first-order valence-electron chi connectivity index (χ1n) is 9.09. The standard InChI is InChI=1S/C20H28O5/c1-12-4-5-15-19(2,8-6-16(23)20(15,3)11-21)17(12)14(22)10-13-7-9-25-18(13)24/h7,15-17,21,23H,1,4-6,8-11H2,2-3H3/t15-,16+,17-,19+,20-/m1/s1. The minimum absolute atomic E-state index is 0.000945.